The number of para-hydroxylation sites is 1. The van der Waals surface area contributed by atoms with Crippen molar-refractivity contribution in [3.8, 4) is 0 Å². The van der Waals surface area contributed by atoms with Crippen molar-refractivity contribution in [3.05, 3.63) is 65.2 Å². The number of nitrogens with zero attached hydrogens (tertiary/aromatic N) is 2. The van der Waals surface area contributed by atoms with Gasteiger partial charge < -0.3 is 9.64 Å². The molecular weight excluding hydrogens is 456 g/mol. The monoisotopic (exact) mass is 486 g/mol. The van der Waals surface area contributed by atoms with Gasteiger partial charge >= 0.3 is 5.97 Å². The molecular formula is C29H30N2O5. The highest BCUT2D eigenvalue weighted by Crippen LogP contribution is 2.52. The van der Waals surface area contributed by atoms with Gasteiger partial charge in [0.1, 0.15) is 6.04 Å². The molecule has 0 radical (unpaired) electrons. The molecule has 4 atom stereocenters. The van der Waals surface area contributed by atoms with Gasteiger partial charge in [0.25, 0.3) is 0 Å². The summed E-state index contributed by atoms with van der Waals surface area (Å²) in [6.07, 6.45) is 2.01. The normalized spacial score (nSPS) is 24.8. The minimum absolute atomic E-state index is 0.0938. The van der Waals surface area contributed by atoms with Crippen LogP contribution in [0.15, 0.2) is 48.5 Å². The molecule has 2 fully saturated rings. The van der Waals surface area contributed by atoms with Gasteiger partial charge in [0.15, 0.2) is 5.78 Å². The highest BCUT2D eigenvalue weighted by atomic mass is 16.5. The smallest absolute Gasteiger partial charge is 0.339 e. The Kier molecular flexibility index (Phi) is 5.43. The Morgan fingerprint density at radius 3 is 2.25 bits per heavy atom. The van der Waals surface area contributed by atoms with Crippen molar-refractivity contribution in [1.29, 1.82) is 0 Å². The summed E-state index contributed by atoms with van der Waals surface area (Å²) in [4.78, 5) is 57.5. The number of hydrogen-bond donors (Lipinski definition) is 0. The van der Waals surface area contributed by atoms with E-state index in [9.17, 15) is 19.2 Å². The highest BCUT2D eigenvalue weighted by Gasteiger charge is 2.65. The number of esters is 1. The van der Waals surface area contributed by atoms with E-state index in [-0.39, 0.29) is 17.0 Å². The lowest BCUT2D eigenvalue weighted by Gasteiger charge is -2.39. The van der Waals surface area contributed by atoms with Gasteiger partial charge in [-0.3, -0.25) is 14.4 Å². The van der Waals surface area contributed by atoms with Gasteiger partial charge in [-0.1, -0.05) is 50.6 Å². The molecule has 3 aliphatic rings. The molecule has 0 N–H and O–H groups in total. The molecule has 7 heteroatoms. The number of benzene rings is 2. The topological polar surface area (TPSA) is 84.0 Å². The largest absolute Gasteiger partial charge is 0.465 e. The molecule has 186 valence electrons. The molecule has 36 heavy (non-hydrogen) atoms. The number of fused-ring (bicyclic) bond motifs is 5. The first kappa shape index (κ1) is 24.0. The number of rotatable bonds is 3. The van der Waals surface area contributed by atoms with Crippen LogP contribution < -0.4 is 9.80 Å². The Morgan fingerprint density at radius 2 is 1.58 bits per heavy atom. The number of carbonyl (C=O) groups excluding carboxylic acids is 4. The van der Waals surface area contributed by atoms with Gasteiger partial charge in [-0.25, -0.2) is 9.69 Å². The van der Waals surface area contributed by atoms with Crippen LogP contribution in [0, 0.1) is 24.2 Å². The van der Waals surface area contributed by atoms with Crippen LogP contribution in [0.2, 0.25) is 0 Å². The highest BCUT2D eigenvalue weighted by molar-refractivity contribution is 6.26. The number of anilines is 2. The third-order valence-corrected chi connectivity index (χ3v) is 7.56. The Balaban J connectivity index is 1.69. The van der Waals surface area contributed by atoms with E-state index in [1.165, 1.54) is 13.2 Å². The van der Waals surface area contributed by atoms with Crippen LogP contribution in [-0.2, 0) is 19.1 Å². The van der Waals surface area contributed by atoms with Crippen LogP contribution in [0.5, 0.6) is 0 Å². The van der Waals surface area contributed by atoms with Crippen molar-refractivity contribution in [3.63, 3.8) is 0 Å². The third-order valence-electron chi connectivity index (χ3n) is 7.56. The quantitative estimate of drug-likeness (QED) is 0.478. The summed E-state index contributed by atoms with van der Waals surface area (Å²) in [5, 5.41) is 0. The summed E-state index contributed by atoms with van der Waals surface area (Å²) in [6, 6.07) is 11.2. The number of aryl methyl sites for hydroxylation is 1. The van der Waals surface area contributed by atoms with Crippen LogP contribution in [-0.4, -0.2) is 42.8 Å². The summed E-state index contributed by atoms with van der Waals surface area (Å²) in [7, 11) is 1.26. The number of hydrogen-bond acceptors (Lipinski definition) is 6. The third kappa shape index (κ3) is 3.33. The number of carbonyl (C=O) groups is 4. The fraction of sp³-hybridized carbons (Fsp3) is 0.379. The van der Waals surface area contributed by atoms with E-state index in [2.05, 4.69) is 6.07 Å². The van der Waals surface area contributed by atoms with Gasteiger partial charge in [0.2, 0.25) is 11.8 Å². The van der Waals surface area contributed by atoms with Crippen molar-refractivity contribution >= 4 is 40.5 Å². The number of ketones is 1. The van der Waals surface area contributed by atoms with E-state index in [0.29, 0.717) is 0 Å². The lowest BCUT2D eigenvalue weighted by molar-refractivity contribution is -0.132. The first-order valence-electron chi connectivity index (χ1n) is 12.1. The summed E-state index contributed by atoms with van der Waals surface area (Å²) >= 11 is 0. The number of methoxy groups -OCH3 is 1. The molecule has 2 saturated heterocycles. The minimum Gasteiger partial charge on any atom is -0.465 e. The first-order chi connectivity index (χ1) is 17.0. The van der Waals surface area contributed by atoms with Crippen LogP contribution in [0.1, 0.15) is 49.2 Å². The zero-order valence-corrected chi connectivity index (χ0v) is 21.4. The second kappa shape index (κ2) is 8.15. The molecule has 0 aliphatic carbocycles. The van der Waals surface area contributed by atoms with Crippen LogP contribution >= 0.6 is 0 Å². The van der Waals surface area contributed by atoms with Crippen LogP contribution in [0.25, 0.3) is 5.57 Å². The Hall–Kier alpha value is -3.74. The van der Waals surface area contributed by atoms with Gasteiger partial charge in [-0.15, -0.1) is 0 Å². The molecule has 0 saturated carbocycles. The lowest BCUT2D eigenvalue weighted by atomic mass is 9.79. The SMILES string of the molecule is COC(=O)c1ccccc1N1C(=O)[C@@H]2[C@H](C1=O)[C@H](C(=O)C(C)(C)C)N1c3ccc(C)cc3C(C)=C[C@@H]21. The number of imide groups is 1. The Morgan fingerprint density at radius 1 is 0.917 bits per heavy atom. The van der Waals surface area contributed by atoms with E-state index in [1.807, 2.05) is 57.7 Å². The fourth-order valence-electron chi connectivity index (χ4n) is 5.89. The zero-order chi connectivity index (χ0) is 26.1. The van der Waals surface area contributed by atoms with Crippen molar-refractivity contribution < 1.29 is 23.9 Å². The van der Waals surface area contributed by atoms with E-state index in [0.717, 1.165) is 27.3 Å². The molecule has 7 nitrogen and oxygen atoms in total. The molecule has 2 aromatic carbocycles. The van der Waals surface area contributed by atoms with Crippen molar-refractivity contribution in [2.45, 2.75) is 46.7 Å². The molecule has 0 spiro atoms. The number of amides is 2. The Labute approximate surface area is 210 Å². The molecule has 3 aliphatic heterocycles. The Bertz CT molecular complexity index is 1350. The molecule has 0 aromatic heterocycles. The van der Waals surface area contributed by atoms with Crippen molar-refractivity contribution in [2.24, 2.45) is 17.3 Å². The van der Waals surface area contributed by atoms with E-state index in [4.69, 9.17) is 4.74 Å². The second-order valence-electron chi connectivity index (χ2n) is 10.9. The van der Waals surface area contributed by atoms with E-state index < -0.39 is 47.1 Å². The standard InChI is InChI=1S/C29H30N2O5/c1-15-11-12-20-18(13-15)16(2)14-21-22-23(24(30(20)21)25(32)29(3,4)5)27(34)31(26(22)33)19-10-8-7-9-17(19)28(35)36-6/h7-14,21-24H,1-6H3/t21-,22-,23-,24+/m0/s1. The van der Waals surface area contributed by atoms with E-state index >= 15 is 0 Å². The van der Waals surface area contributed by atoms with E-state index in [1.54, 1.807) is 18.2 Å². The minimum atomic E-state index is -0.865. The summed E-state index contributed by atoms with van der Waals surface area (Å²) in [6.45, 7) is 9.52. The first-order valence-corrected chi connectivity index (χ1v) is 12.1. The number of Topliss-reactive ketones (excluding diaryl/α,β-unsaturated/α-hetero) is 1. The summed E-state index contributed by atoms with van der Waals surface area (Å²) < 4.78 is 4.89. The van der Waals surface area contributed by atoms with Crippen molar-refractivity contribution in [2.75, 3.05) is 16.9 Å². The maximum atomic E-state index is 14.0. The number of ether oxygens (including phenoxy) is 1. The van der Waals surface area contributed by atoms with Gasteiger partial charge in [0.05, 0.1) is 36.2 Å². The molecule has 0 unspecified atom stereocenters. The fourth-order valence-corrected chi connectivity index (χ4v) is 5.89. The molecule has 2 amide bonds. The van der Waals surface area contributed by atoms with Crippen molar-refractivity contribution in [1.82, 2.24) is 0 Å². The zero-order valence-electron chi connectivity index (χ0n) is 21.4. The summed E-state index contributed by atoms with van der Waals surface area (Å²) in [5.74, 6) is -3.20. The van der Waals surface area contributed by atoms with Crippen LogP contribution in [0.4, 0.5) is 11.4 Å². The van der Waals surface area contributed by atoms with Gasteiger partial charge in [-0.05, 0) is 43.7 Å². The maximum absolute atomic E-state index is 14.0. The van der Waals surface area contributed by atoms with Gasteiger partial charge in [0, 0.05) is 16.7 Å². The number of allylic oxidation sites excluding steroid dienone is 1. The molecule has 5 rings (SSSR count). The summed E-state index contributed by atoms with van der Waals surface area (Å²) in [5.41, 5.74) is 3.56. The average Bonchev–Trinajstić information content (AvgIpc) is 3.30. The predicted octanol–water partition coefficient (Wildman–Crippen LogP) is 4.18. The molecule has 3 heterocycles. The predicted molar refractivity (Wildman–Crippen MR) is 137 cm³/mol. The average molecular weight is 487 g/mol. The molecule has 2 aromatic rings. The molecule has 0 bridgehead atoms. The lowest BCUT2D eigenvalue weighted by Crippen LogP contribution is -2.51. The second-order valence-corrected chi connectivity index (χ2v) is 10.9. The van der Waals surface area contributed by atoms with Gasteiger partial charge in [-0.2, -0.15) is 0 Å². The van der Waals surface area contributed by atoms with Crippen LogP contribution in [0.3, 0.4) is 0 Å². The maximum Gasteiger partial charge on any atom is 0.339 e.